The van der Waals surface area contributed by atoms with Gasteiger partial charge < -0.3 is 5.11 Å². The van der Waals surface area contributed by atoms with E-state index in [2.05, 4.69) is 0 Å². The summed E-state index contributed by atoms with van der Waals surface area (Å²) in [5.74, 6) is -1.12. The Morgan fingerprint density at radius 2 is 1.90 bits per heavy atom. The molecule has 0 amide bonds. The molecule has 1 heterocycles. The summed E-state index contributed by atoms with van der Waals surface area (Å²) in [6.07, 6.45) is 0.834. The third-order valence-corrected chi connectivity index (χ3v) is 3.92. The predicted octanol–water partition coefficient (Wildman–Crippen LogP) is 3.01. The highest BCUT2D eigenvalue weighted by atomic mass is 19.1. The number of carboxylic acids is 1. The van der Waals surface area contributed by atoms with Gasteiger partial charge in [-0.1, -0.05) is 36.4 Å². The monoisotopic (exact) mass is 285 g/mol. The first-order valence-corrected chi connectivity index (χ1v) is 6.94. The number of hydrogen-bond acceptors (Lipinski definition) is 2. The Hall–Kier alpha value is -2.20. The molecule has 0 bridgehead atoms. The van der Waals surface area contributed by atoms with Gasteiger partial charge in [-0.05, 0) is 35.2 Å². The number of aliphatic carboxylic acids is 1. The van der Waals surface area contributed by atoms with Crippen LogP contribution in [0.1, 0.15) is 22.7 Å². The third-order valence-electron chi connectivity index (χ3n) is 3.92. The Kier molecular flexibility index (Phi) is 3.71. The number of rotatable bonds is 3. The average Bonchev–Trinajstić information content (AvgIpc) is 2.49. The van der Waals surface area contributed by atoms with Gasteiger partial charge in [-0.25, -0.2) is 4.39 Å². The van der Waals surface area contributed by atoms with Crippen molar-refractivity contribution in [1.82, 2.24) is 4.90 Å². The zero-order valence-corrected chi connectivity index (χ0v) is 11.5. The fraction of sp³-hybridized carbons (Fsp3) is 0.235. The van der Waals surface area contributed by atoms with Gasteiger partial charge in [0, 0.05) is 13.1 Å². The van der Waals surface area contributed by atoms with Crippen LogP contribution in [-0.4, -0.2) is 22.5 Å². The molecular formula is C17H16FNO2. The molecule has 1 atom stereocenters. The van der Waals surface area contributed by atoms with E-state index >= 15 is 0 Å². The van der Waals surface area contributed by atoms with Gasteiger partial charge in [0.05, 0.1) is 0 Å². The van der Waals surface area contributed by atoms with Crippen LogP contribution in [0.5, 0.6) is 0 Å². The van der Waals surface area contributed by atoms with Crippen molar-refractivity contribution < 1.29 is 14.3 Å². The molecule has 1 aliphatic rings. The summed E-state index contributed by atoms with van der Waals surface area (Å²) in [7, 11) is 0. The molecule has 0 aliphatic carbocycles. The first kappa shape index (κ1) is 13.8. The molecule has 2 aromatic carbocycles. The fourth-order valence-electron chi connectivity index (χ4n) is 2.90. The maximum atomic E-state index is 13.0. The highest BCUT2D eigenvalue weighted by Crippen LogP contribution is 2.31. The summed E-state index contributed by atoms with van der Waals surface area (Å²) in [5, 5.41) is 9.58. The number of fused-ring (bicyclic) bond motifs is 1. The van der Waals surface area contributed by atoms with Gasteiger partial charge in [0.15, 0.2) is 0 Å². The molecule has 1 aliphatic heterocycles. The third kappa shape index (κ3) is 2.81. The van der Waals surface area contributed by atoms with Crippen molar-refractivity contribution in [3.8, 4) is 0 Å². The molecule has 0 saturated heterocycles. The van der Waals surface area contributed by atoms with Crippen molar-refractivity contribution in [1.29, 1.82) is 0 Å². The van der Waals surface area contributed by atoms with Gasteiger partial charge in [-0.2, -0.15) is 0 Å². The Balaban J connectivity index is 1.88. The van der Waals surface area contributed by atoms with E-state index in [0.717, 1.165) is 23.1 Å². The van der Waals surface area contributed by atoms with Crippen LogP contribution in [0.3, 0.4) is 0 Å². The van der Waals surface area contributed by atoms with E-state index in [0.29, 0.717) is 13.1 Å². The van der Waals surface area contributed by atoms with Crippen molar-refractivity contribution in [2.45, 2.75) is 19.0 Å². The second kappa shape index (κ2) is 5.66. The topological polar surface area (TPSA) is 40.5 Å². The highest BCUT2D eigenvalue weighted by molar-refractivity contribution is 5.76. The lowest BCUT2D eigenvalue weighted by Gasteiger charge is -2.34. The molecular weight excluding hydrogens is 269 g/mol. The van der Waals surface area contributed by atoms with Gasteiger partial charge in [0.25, 0.3) is 0 Å². The summed E-state index contributed by atoms with van der Waals surface area (Å²) in [6.45, 7) is 1.19. The summed E-state index contributed by atoms with van der Waals surface area (Å²) in [5.41, 5.74) is 2.88. The van der Waals surface area contributed by atoms with Crippen molar-refractivity contribution in [2.24, 2.45) is 0 Å². The van der Waals surface area contributed by atoms with Gasteiger partial charge in [0.2, 0.25) is 0 Å². The molecule has 21 heavy (non-hydrogen) atoms. The van der Waals surface area contributed by atoms with Crippen molar-refractivity contribution >= 4 is 5.97 Å². The van der Waals surface area contributed by atoms with Crippen LogP contribution in [0.2, 0.25) is 0 Å². The SMILES string of the molecule is O=C(O)C1c2ccccc2CCN1Cc1ccc(F)cc1. The first-order chi connectivity index (χ1) is 10.1. The molecule has 108 valence electrons. The van der Waals surface area contributed by atoms with E-state index in [1.165, 1.54) is 12.1 Å². The highest BCUT2D eigenvalue weighted by Gasteiger charge is 2.32. The Bertz CT molecular complexity index is 654. The number of benzene rings is 2. The Labute approximate surface area is 122 Å². The van der Waals surface area contributed by atoms with Crippen LogP contribution in [0.4, 0.5) is 4.39 Å². The van der Waals surface area contributed by atoms with E-state index in [4.69, 9.17) is 0 Å². The molecule has 0 fully saturated rings. The van der Waals surface area contributed by atoms with Crippen LogP contribution >= 0.6 is 0 Å². The van der Waals surface area contributed by atoms with E-state index in [1.54, 1.807) is 12.1 Å². The second-order valence-electron chi connectivity index (χ2n) is 5.29. The molecule has 1 N–H and O–H groups in total. The number of halogens is 1. The molecule has 0 aromatic heterocycles. The van der Waals surface area contributed by atoms with Crippen LogP contribution in [0.25, 0.3) is 0 Å². The fourth-order valence-corrected chi connectivity index (χ4v) is 2.90. The van der Waals surface area contributed by atoms with Gasteiger partial charge in [-0.15, -0.1) is 0 Å². The van der Waals surface area contributed by atoms with Crippen molar-refractivity contribution in [3.63, 3.8) is 0 Å². The predicted molar refractivity (Wildman–Crippen MR) is 77.3 cm³/mol. The maximum absolute atomic E-state index is 13.0. The van der Waals surface area contributed by atoms with Crippen molar-refractivity contribution in [2.75, 3.05) is 6.54 Å². The minimum absolute atomic E-state index is 0.280. The van der Waals surface area contributed by atoms with Crippen molar-refractivity contribution in [3.05, 3.63) is 71.0 Å². The van der Waals surface area contributed by atoms with Gasteiger partial charge in [0.1, 0.15) is 11.9 Å². The van der Waals surface area contributed by atoms with E-state index in [1.807, 2.05) is 29.2 Å². The molecule has 0 radical (unpaired) electrons. The van der Waals surface area contributed by atoms with Crippen LogP contribution < -0.4 is 0 Å². The Morgan fingerprint density at radius 3 is 2.62 bits per heavy atom. The van der Waals surface area contributed by atoms with Crippen LogP contribution in [-0.2, 0) is 17.8 Å². The molecule has 4 heteroatoms. The number of hydrogen-bond donors (Lipinski definition) is 1. The zero-order chi connectivity index (χ0) is 14.8. The van der Waals surface area contributed by atoms with Crippen LogP contribution in [0.15, 0.2) is 48.5 Å². The number of carboxylic acid groups (broad SMARTS) is 1. The largest absolute Gasteiger partial charge is 0.480 e. The minimum atomic E-state index is -0.843. The van der Waals surface area contributed by atoms with E-state index in [-0.39, 0.29) is 5.82 Å². The molecule has 0 saturated carbocycles. The zero-order valence-electron chi connectivity index (χ0n) is 11.5. The van der Waals surface area contributed by atoms with E-state index in [9.17, 15) is 14.3 Å². The Morgan fingerprint density at radius 1 is 1.19 bits per heavy atom. The quantitative estimate of drug-likeness (QED) is 0.942. The van der Waals surface area contributed by atoms with Crippen LogP contribution in [0, 0.1) is 5.82 Å². The normalized spacial score (nSPS) is 18.2. The summed E-state index contributed by atoms with van der Waals surface area (Å²) in [6, 6.07) is 13.3. The van der Waals surface area contributed by atoms with Gasteiger partial charge >= 0.3 is 5.97 Å². The first-order valence-electron chi connectivity index (χ1n) is 6.94. The number of nitrogens with zero attached hydrogens (tertiary/aromatic N) is 1. The summed E-state index contributed by atoms with van der Waals surface area (Å²) >= 11 is 0. The van der Waals surface area contributed by atoms with E-state index < -0.39 is 12.0 Å². The van der Waals surface area contributed by atoms with Gasteiger partial charge in [-0.3, -0.25) is 9.69 Å². The lowest BCUT2D eigenvalue weighted by atomic mass is 9.92. The molecule has 3 rings (SSSR count). The maximum Gasteiger partial charge on any atom is 0.325 e. The molecule has 2 aromatic rings. The number of carbonyl (C=O) groups is 1. The minimum Gasteiger partial charge on any atom is -0.480 e. The smallest absolute Gasteiger partial charge is 0.325 e. The lowest BCUT2D eigenvalue weighted by molar-refractivity contribution is -0.144. The molecule has 1 unspecified atom stereocenters. The summed E-state index contributed by atoms with van der Waals surface area (Å²) in [4.78, 5) is 13.6. The molecule has 3 nitrogen and oxygen atoms in total. The molecule has 0 spiro atoms. The lowest BCUT2D eigenvalue weighted by Crippen LogP contribution is -2.39. The second-order valence-corrected chi connectivity index (χ2v) is 5.29. The average molecular weight is 285 g/mol. The summed E-state index contributed by atoms with van der Waals surface area (Å²) < 4.78 is 13.0. The standard InChI is InChI=1S/C17H16FNO2/c18-14-7-5-12(6-8-14)11-19-10-9-13-3-1-2-4-15(13)16(19)17(20)21/h1-8,16H,9-11H2,(H,20,21).